The Morgan fingerprint density at radius 3 is 2.70 bits per heavy atom. The molecule has 0 aliphatic rings. The van der Waals surface area contributed by atoms with E-state index in [2.05, 4.69) is 5.32 Å². The lowest BCUT2D eigenvalue weighted by molar-refractivity contribution is -0.115. The molecule has 0 radical (unpaired) electrons. The van der Waals surface area contributed by atoms with Gasteiger partial charge >= 0.3 is 0 Å². The van der Waals surface area contributed by atoms with Gasteiger partial charge in [-0.25, -0.2) is 0 Å². The van der Waals surface area contributed by atoms with Crippen molar-refractivity contribution in [3.8, 4) is 5.75 Å². The quantitative estimate of drug-likeness (QED) is 0.929. The standard InChI is InChI=1S/C16H16ClNO2/c1-11-5-3-4-6-14(11)18-16(19)10-12-9-13(17)7-8-15(12)20-2/h3-9H,10H2,1-2H3,(H,18,19). The van der Waals surface area contributed by atoms with Gasteiger partial charge in [0.1, 0.15) is 5.75 Å². The summed E-state index contributed by atoms with van der Waals surface area (Å²) in [6, 6.07) is 12.9. The number of para-hydroxylation sites is 1. The van der Waals surface area contributed by atoms with E-state index in [1.165, 1.54) is 0 Å². The fourth-order valence-electron chi connectivity index (χ4n) is 1.97. The molecule has 3 nitrogen and oxygen atoms in total. The van der Waals surface area contributed by atoms with Crippen LogP contribution in [0.25, 0.3) is 0 Å². The fraction of sp³-hybridized carbons (Fsp3) is 0.188. The van der Waals surface area contributed by atoms with Gasteiger partial charge in [-0.3, -0.25) is 4.79 Å². The second-order valence-electron chi connectivity index (χ2n) is 4.50. The molecule has 0 aliphatic heterocycles. The number of hydrogen-bond donors (Lipinski definition) is 1. The van der Waals surface area contributed by atoms with Gasteiger partial charge < -0.3 is 10.1 Å². The van der Waals surface area contributed by atoms with Crippen LogP contribution < -0.4 is 10.1 Å². The lowest BCUT2D eigenvalue weighted by Crippen LogP contribution is -2.15. The first-order valence-electron chi connectivity index (χ1n) is 6.28. The highest BCUT2D eigenvalue weighted by molar-refractivity contribution is 6.30. The summed E-state index contributed by atoms with van der Waals surface area (Å²) >= 11 is 5.96. The average Bonchev–Trinajstić information content (AvgIpc) is 2.41. The lowest BCUT2D eigenvalue weighted by atomic mass is 10.1. The Labute approximate surface area is 123 Å². The summed E-state index contributed by atoms with van der Waals surface area (Å²) in [5.74, 6) is 0.564. The van der Waals surface area contributed by atoms with Crippen molar-refractivity contribution in [1.29, 1.82) is 0 Å². The summed E-state index contributed by atoms with van der Waals surface area (Å²) in [4.78, 5) is 12.1. The molecule has 0 bridgehead atoms. The molecule has 0 aliphatic carbocycles. The van der Waals surface area contributed by atoms with Crippen molar-refractivity contribution in [3.63, 3.8) is 0 Å². The van der Waals surface area contributed by atoms with Crippen molar-refractivity contribution in [2.75, 3.05) is 12.4 Å². The third-order valence-corrected chi connectivity index (χ3v) is 3.25. The number of rotatable bonds is 4. The van der Waals surface area contributed by atoms with Crippen LogP contribution in [-0.4, -0.2) is 13.0 Å². The molecule has 0 unspecified atom stereocenters. The third-order valence-electron chi connectivity index (χ3n) is 3.01. The Kier molecular flexibility index (Phi) is 4.64. The van der Waals surface area contributed by atoms with Gasteiger partial charge in [0, 0.05) is 16.3 Å². The first kappa shape index (κ1) is 14.4. The van der Waals surface area contributed by atoms with Crippen molar-refractivity contribution in [2.24, 2.45) is 0 Å². The van der Waals surface area contributed by atoms with E-state index in [0.717, 1.165) is 16.8 Å². The van der Waals surface area contributed by atoms with Gasteiger partial charge in [0.15, 0.2) is 0 Å². The Morgan fingerprint density at radius 1 is 1.25 bits per heavy atom. The van der Waals surface area contributed by atoms with Crippen molar-refractivity contribution in [3.05, 3.63) is 58.6 Å². The van der Waals surface area contributed by atoms with E-state index >= 15 is 0 Å². The van der Waals surface area contributed by atoms with E-state index in [1.54, 1.807) is 25.3 Å². The molecule has 0 saturated heterocycles. The predicted molar refractivity (Wildman–Crippen MR) is 81.5 cm³/mol. The fourth-order valence-corrected chi connectivity index (χ4v) is 2.16. The number of carbonyl (C=O) groups is 1. The summed E-state index contributed by atoms with van der Waals surface area (Å²) in [5, 5.41) is 3.48. The van der Waals surface area contributed by atoms with E-state index in [0.29, 0.717) is 10.8 Å². The number of ether oxygens (including phenoxy) is 1. The Bertz CT molecular complexity index is 626. The minimum Gasteiger partial charge on any atom is -0.496 e. The molecule has 104 valence electrons. The molecular formula is C16H16ClNO2. The van der Waals surface area contributed by atoms with Crippen LogP contribution in [0.4, 0.5) is 5.69 Å². The second kappa shape index (κ2) is 6.44. The summed E-state index contributed by atoms with van der Waals surface area (Å²) in [5.41, 5.74) is 2.61. The highest BCUT2D eigenvalue weighted by atomic mass is 35.5. The smallest absolute Gasteiger partial charge is 0.228 e. The van der Waals surface area contributed by atoms with Gasteiger partial charge in [0.2, 0.25) is 5.91 Å². The number of hydrogen-bond acceptors (Lipinski definition) is 2. The number of benzene rings is 2. The van der Waals surface area contributed by atoms with Crippen LogP contribution >= 0.6 is 11.6 Å². The number of aryl methyl sites for hydroxylation is 1. The molecule has 0 spiro atoms. The van der Waals surface area contributed by atoms with Gasteiger partial charge in [0.05, 0.1) is 13.5 Å². The zero-order valence-corrected chi connectivity index (χ0v) is 12.2. The summed E-state index contributed by atoms with van der Waals surface area (Å²) in [6.45, 7) is 1.95. The van der Waals surface area contributed by atoms with Crippen molar-refractivity contribution in [2.45, 2.75) is 13.3 Å². The van der Waals surface area contributed by atoms with E-state index < -0.39 is 0 Å². The first-order valence-corrected chi connectivity index (χ1v) is 6.66. The van der Waals surface area contributed by atoms with Crippen LogP contribution in [0.5, 0.6) is 5.75 Å². The zero-order valence-electron chi connectivity index (χ0n) is 11.4. The maximum Gasteiger partial charge on any atom is 0.228 e. The maximum atomic E-state index is 12.1. The number of amides is 1. The second-order valence-corrected chi connectivity index (χ2v) is 4.93. The van der Waals surface area contributed by atoms with E-state index in [4.69, 9.17) is 16.3 Å². The van der Waals surface area contributed by atoms with E-state index in [1.807, 2.05) is 31.2 Å². The molecule has 2 aromatic carbocycles. The maximum absolute atomic E-state index is 12.1. The monoisotopic (exact) mass is 289 g/mol. The van der Waals surface area contributed by atoms with Gasteiger partial charge in [-0.1, -0.05) is 29.8 Å². The SMILES string of the molecule is COc1ccc(Cl)cc1CC(=O)Nc1ccccc1C. The van der Waals surface area contributed by atoms with Crippen molar-refractivity contribution in [1.82, 2.24) is 0 Å². The topological polar surface area (TPSA) is 38.3 Å². The molecule has 0 heterocycles. The summed E-state index contributed by atoms with van der Waals surface area (Å²) in [6.07, 6.45) is 0.220. The van der Waals surface area contributed by atoms with Crippen LogP contribution in [-0.2, 0) is 11.2 Å². The summed E-state index contributed by atoms with van der Waals surface area (Å²) in [7, 11) is 1.58. The third kappa shape index (κ3) is 3.52. The number of anilines is 1. The van der Waals surface area contributed by atoms with Crippen molar-refractivity contribution < 1.29 is 9.53 Å². The Morgan fingerprint density at radius 2 is 2.00 bits per heavy atom. The molecule has 20 heavy (non-hydrogen) atoms. The van der Waals surface area contributed by atoms with Gasteiger partial charge in [0.25, 0.3) is 0 Å². The number of methoxy groups -OCH3 is 1. The molecule has 2 aromatic rings. The molecule has 0 atom stereocenters. The minimum atomic E-state index is -0.0973. The molecule has 1 amide bonds. The highest BCUT2D eigenvalue weighted by Crippen LogP contribution is 2.23. The molecule has 2 rings (SSSR count). The highest BCUT2D eigenvalue weighted by Gasteiger charge is 2.10. The molecule has 0 saturated carbocycles. The number of halogens is 1. The zero-order chi connectivity index (χ0) is 14.5. The molecule has 0 fully saturated rings. The van der Waals surface area contributed by atoms with Gasteiger partial charge in [-0.05, 0) is 36.8 Å². The first-order chi connectivity index (χ1) is 9.60. The van der Waals surface area contributed by atoms with Gasteiger partial charge in [-0.2, -0.15) is 0 Å². The summed E-state index contributed by atoms with van der Waals surface area (Å²) < 4.78 is 5.24. The number of carbonyl (C=O) groups excluding carboxylic acids is 1. The van der Waals surface area contributed by atoms with Gasteiger partial charge in [-0.15, -0.1) is 0 Å². The average molecular weight is 290 g/mol. The normalized spacial score (nSPS) is 10.2. The van der Waals surface area contributed by atoms with Crippen LogP contribution in [0.3, 0.4) is 0 Å². The molecule has 0 aromatic heterocycles. The van der Waals surface area contributed by atoms with Crippen molar-refractivity contribution >= 4 is 23.2 Å². The van der Waals surface area contributed by atoms with Crippen LogP contribution in [0.1, 0.15) is 11.1 Å². The Hall–Kier alpha value is -2.00. The minimum absolute atomic E-state index is 0.0973. The lowest BCUT2D eigenvalue weighted by Gasteiger charge is -2.11. The molecule has 1 N–H and O–H groups in total. The van der Waals surface area contributed by atoms with Crippen LogP contribution in [0.15, 0.2) is 42.5 Å². The molecular weight excluding hydrogens is 274 g/mol. The number of nitrogens with one attached hydrogen (secondary N) is 1. The van der Waals surface area contributed by atoms with Crippen LogP contribution in [0.2, 0.25) is 5.02 Å². The van der Waals surface area contributed by atoms with E-state index in [-0.39, 0.29) is 12.3 Å². The van der Waals surface area contributed by atoms with Crippen LogP contribution in [0, 0.1) is 6.92 Å². The van der Waals surface area contributed by atoms with E-state index in [9.17, 15) is 4.79 Å². The predicted octanol–water partition coefficient (Wildman–Crippen LogP) is 3.84. The molecule has 4 heteroatoms. The largest absolute Gasteiger partial charge is 0.496 e. The Balaban J connectivity index is 2.12.